The predicted octanol–water partition coefficient (Wildman–Crippen LogP) is 3.84. The number of hydrogen-bond donors (Lipinski definition) is 0. The van der Waals surface area contributed by atoms with Crippen LogP contribution in [0.4, 0.5) is 0 Å². The van der Waals surface area contributed by atoms with Gasteiger partial charge >= 0.3 is 5.97 Å². The molecule has 28 heavy (non-hydrogen) atoms. The fourth-order valence-corrected chi connectivity index (χ4v) is 3.13. The van der Waals surface area contributed by atoms with Gasteiger partial charge in [-0.05, 0) is 48.2 Å². The van der Waals surface area contributed by atoms with Crippen LogP contribution in [0.25, 0.3) is 0 Å². The van der Waals surface area contributed by atoms with Gasteiger partial charge < -0.3 is 4.84 Å². The Morgan fingerprint density at radius 3 is 1.75 bits per heavy atom. The molecule has 3 aromatic carbocycles. The van der Waals surface area contributed by atoms with E-state index in [-0.39, 0.29) is 16.7 Å². The van der Waals surface area contributed by atoms with Gasteiger partial charge in [0.15, 0.2) is 0 Å². The van der Waals surface area contributed by atoms with Gasteiger partial charge in [-0.3, -0.25) is 9.59 Å². The molecule has 1 aliphatic rings. The molecule has 1 heterocycles. The lowest BCUT2D eigenvalue weighted by Crippen LogP contribution is -2.32. The molecule has 0 saturated carbocycles. The molecule has 0 aromatic heterocycles. The summed E-state index contributed by atoms with van der Waals surface area (Å²) in [5.74, 6) is -2.01. The van der Waals surface area contributed by atoms with Crippen molar-refractivity contribution in [1.82, 2.24) is 5.06 Å². The minimum Gasteiger partial charge on any atom is -0.324 e. The number of hydrogen-bond acceptors (Lipinski definition) is 4. The summed E-state index contributed by atoms with van der Waals surface area (Å²) in [4.78, 5) is 42.0. The maximum absolute atomic E-state index is 12.4. The molecule has 5 nitrogen and oxygen atoms in total. The fourth-order valence-electron chi connectivity index (χ4n) is 3.13. The number of fused-ring (bicyclic) bond motifs is 1. The summed E-state index contributed by atoms with van der Waals surface area (Å²) in [6, 6.07) is 23.5. The molecule has 0 radical (unpaired) electrons. The van der Waals surface area contributed by atoms with Crippen LogP contribution in [0.2, 0.25) is 0 Å². The number of imide groups is 1. The molecule has 4 rings (SSSR count). The third kappa shape index (κ3) is 3.42. The molecule has 0 saturated heterocycles. The molecule has 2 amide bonds. The van der Waals surface area contributed by atoms with Crippen molar-refractivity contribution in [2.75, 3.05) is 0 Å². The van der Waals surface area contributed by atoms with Crippen molar-refractivity contribution >= 4 is 17.8 Å². The SMILES string of the molecule is O=C(ON1C(=O)c2ccccc2C1=O)c1ccc(CCc2ccccc2)cc1. The summed E-state index contributed by atoms with van der Waals surface area (Å²) < 4.78 is 0. The molecule has 3 aromatic rings. The van der Waals surface area contributed by atoms with E-state index in [1.165, 1.54) is 17.7 Å². The number of rotatable bonds is 5. The van der Waals surface area contributed by atoms with Crippen LogP contribution in [-0.2, 0) is 17.7 Å². The first kappa shape index (κ1) is 17.7. The molecule has 0 spiro atoms. The van der Waals surface area contributed by atoms with E-state index in [2.05, 4.69) is 12.1 Å². The maximum atomic E-state index is 12.4. The summed E-state index contributed by atoms with van der Waals surface area (Å²) in [7, 11) is 0. The maximum Gasteiger partial charge on any atom is 0.363 e. The van der Waals surface area contributed by atoms with Gasteiger partial charge in [0.05, 0.1) is 16.7 Å². The number of amides is 2. The number of benzene rings is 3. The molecule has 5 heteroatoms. The number of nitrogens with zero attached hydrogens (tertiary/aromatic N) is 1. The van der Waals surface area contributed by atoms with E-state index in [0.717, 1.165) is 18.4 Å². The van der Waals surface area contributed by atoms with Crippen molar-refractivity contribution in [1.29, 1.82) is 0 Å². The van der Waals surface area contributed by atoms with E-state index < -0.39 is 17.8 Å². The van der Waals surface area contributed by atoms with Crippen molar-refractivity contribution in [3.63, 3.8) is 0 Å². The summed E-state index contributed by atoms with van der Waals surface area (Å²) in [5.41, 5.74) is 3.07. The lowest BCUT2D eigenvalue weighted by atomic mass is 10.0. The van der Waals surface area contributed by atoms with Crippen molar-refractivity contribution in [3.05, 3.63) is 107 Å². The normalized spacial score (nSPS) is 12.8. The van der Waals surface area contributed by atoms with E-state index in [1.807, 2.05) is 30.3 Å². The Kier molecular flexibility index (Phi) is 4.72. The quantitative estimate of drug-likeness (QED) is 0.639. The highest BCUT2D eigenvalue weighted by molar-refractivity contribution is 6.21. The Labute approximate surface area is 162 Å². The van der Waals surface area contributed by atoms with Gasteiger partial charge in [-0.2, -0.15) is 0 Å². The first-order chi connectivity index (χ1) is 13.6. The Bertz CT molecular complexity index is 1010. The third-order valence-electron chi connectivity index (χ3n) is 4.67. The van der Waals surface area contributed by atoms with Gasteiger partial charge in [-0.1, -0.05) is 59.7 Å². The second kappa shape index (κ2) is 7.48. The highest BCUT2D eigenvalue weighted by Crippen LogP contribution is 2.23. The summed E-state index contributed by atoms with van der Waals surface area (Å²) in [5, 5.41) is 0.524. The lowest BCUT2D eigenvalue weighted by molar-refractivity contribution is -0.0584. The Balaban J connectivity index is 1.40. The molecule has 138 valence electrons. The van der Waals surface area contributed by atoms with Crippen LogP contribution in [0.3, 0.4) is 0 Å². The standard InChI is InChI=1S/C23H17NO4/c25-21-19-8-4-5-9-20(19)22(26)24(21)28-23(27)18-14-12-17(13-15-18)11-10-16-6-2-1-3-7-16/h1-9,12-15H,10-11H2. The Morgan fingerprint density at radius 2 is 1.18 bits per heavy atom. The predicted molar refractivity (Wildman–Crippen MR) is 103 cm³/mol. The molecule has 0 unspecified atom stereocenters. The van der Waals surface area contributed by atoms with E-state index in [4.69, 9.17) is 4.84 Å². The number of carbonyl (C=O) groups is 3. The van der Waals surface area contributed by atoms with Crippen LogP contribution in [0.15, 0.2) is 78.9 Å². The Hall–Kier alpha value is -3.73. The third-order valence-corrected chi connectivity index (χ3v) is 4.67. The van der Waals surface area contributed by atoms with Crippen LogP contribution in [0.1, 0.15) is 42.2 Å². The number of hydroxylamine groups is 2. The molecule has 0 N–H and O–H groups in total. The summed E-state index contributed by atoms with van der Waals surface area (Å²) >= 11 is 0. The number of carbonyl (C=O) groups excluding carboxylic acids is 3. The average molecular weight is 371 g/mol. The van der Waals surface area contributed by atoms with Gasteiger partial charge in [-0.25, -0.2) is 4.79 Å². The van der Waals surface area contributed by atoms with Gasteiger partial charge in [0, 0.05) is 0 Å². The molecule has 0 bridgehead atoms. The largest absolute Gasteiger partial charge is 0.363 e. The van der Waals surface area contributed by atoms with Gasteiger partial charge in [-0.15, -0.1) is 0 Å². The molecular weight excluding hydrogens is 354 g/mol. The van der Waals surface area contributed by atoms with E-state index in [1.54, 1.807) is 24.3 Å². The minimum atomic E-state index is -0.746. The smallest absolute Gasteiger partial charge is 0.324 e. The van der Waals surface area contributed by atoms with E-state index in [9.17, 15) is 14.4 Å². The lowest BCUT2D eigenvalue weighted by Gasteiger charge is -2.12. The molecule has 0 fully saturated rings. The zero-order valence-electron chi connectivity index (χ0n) is 15.0. The monoisotopic (exact) mass is 371 g/mol. The second-order valence-corrected chi connectivity index (χ2v) is 6.51. The molecular formula is C23H17NO4. The topological polar surface area (TPSA) is 63.7 Å². The fraction of sp³-hybridized carbons (Fsp3) is 0.0870. The minimum absolute atomic E-state index is 0.233. The molecule has 1 aliphatic heterocycles. The molecule has 0 aliphatic carbocycles. The Morgan fingerprint density at radius 1 is 0.679 bits per heavy atom. The van der Waals surface area contributed by atoms with Crippen LogP contribution >= 0.6 is 0 Å². The second-order valence-electron chi connectivity index (χ2n) is 6.51. The van der Waals surface area contributed by atoms with E-state index >= 15 is 0 Å². The zero-order chi connectivity index (χ0) is 19.5. The summed E-state index contributed by atoms with van der Waals surface area (Å²) in [6.45, 7) is 0. The highest BCUT2D eigenvalue weighted by atomic mass is 16.7. The first-order valence-electron chi connectivity index (χ1n) is 8.96. The summed E-state index contributed by atoms with van der Waals surface area (Å²) in [6.07, 6.45) is 1.75. The van der Waals surface area contributed by atoms with Crippen molar-refractivity contribution in [2.45, 2.75) is 12.8 Å². The van der Waals surface area contributed by atoms with Crippen LogP contribution in [0.5, 0.6) is 0 Å². The van der Waals surface area contributed by atoms with Crippen molar-refractivity contribution in [2.24, 2.45) is 0 Å². The van der Waals surface area contributed by atoms with Crippen molar-refractivity contribution < 1.29 is 19.2 Å². The van der Waals surface area contributed by atoms with Crippen molar-refractivity contribution in [3.8, 4) is 0 Å². The average Bonchev–Trinajstić information content (AvgIpc) is 2.98. The van der Waals surface area contributed by atoms with Crippen LogP contribution < -0.4 is 0 Å². The first-order valence-corrected chi connectivity index (χ1v) is 8.96. The number of aryl methyl sites for hydroxylation is 2. The zero-order valence-corrected chi connectivity index (χ0v) is 15.0. The van der Waals surface area contributed by atoms with Crippen LogP contribution in [0, 0.1) is 0 Å². The van der Waals surface area contributed by atoms with Gasteiger partial charge in [0.25, 0.3) is 11.8 Å². The van der Waals surface area contributed by atoms with E-state index in [0.29, 0.717) is 5.06 Å². The van der Waals surface area contributed by atoms with Crippen LogP contribution in [-0.4, -0.2) is 22.8 Å². The van der Waals surface area contributed by atoms with Gasteiger partial charge in [0.1, 0.15) is 0 Å². The highest BCUT2D eigenvalue weighted by Gasteiger charge is 2.38. The van der Waals surface area contributed by atoms with Gasteiger partial charge in [0.2, 0.25) is 0 Å². The molecule has 0 atom stereocenters.